The molecule has 0 saturated heterocycles. The maximum absolute atomic E-state index is 5.64. The van der Waals surface area contributed by atoms with Crippen molar-refractivity contribution in [2.75, 3.05) is 0 Å². The molecule has 2 heterocycles. The van der Waals surface area contributed by atoms with Crippen LogP contribution in [0.15, 0.2) is 212 Å². The Kier molecular flexibility index (Phi) is 7.54. The van der Waals surface area contributed by atoms with Crippen molar-refractivity contribution in [3.8, 4) is 50.7 Å². The van der Waals surface area contributed by atoms with E-state index in [1.54, 1.807) is 0 Å². The highest BCUT2D eigenvalue weighted by atomic mass is 15.1. The summed E-state index contributed by atoms with van der Waals surface area (Å²) in [6.45, 7) is 0. The third-order valence-electron chi connectivity index (χ3n) is 12.0. The number of para-hydroxylation sites is 2. The Hall–Kier alpha value is -7.88. The fraction of sp³-hybridized carbons (Fsp3) is 0. The fourth-order valence-corrected chi connectivity index (χ4v) is 9.27. The molecule has 59 heavy (non-hydrogen) atoms. The number of hydrogen-bond acceptors (Lipinski definition) is 2. The van der Waals surface area contributed by atoms with Gasteiger partial charge in [0.1, 0.15) is 5.82 Å². The zero-order chi connectivity index (χ0) is 38.9. The van der Waals surface area contributed by atoms with Gasteiger partial charge in [-0.2, -0.15) is 0 Å². The molecule has 3 nitrogen and oxygen atoms in total. The molecular formula is C56H35N3. The van der Waals surface area contributed by atoms with Crippen molar-refractivity contribution in [3.05, 3.63) is 212 Å². The quantitative estimate of drug-likeness (QED) is 0.164. The maximum atomic E-state index is 5.64. The van der Waals surface area contributed by atoms with Crippen molar-refractivity contribution in [1.82, 2.24) is 14.5 Å². The molecule has 0 aliphatic heterocycles. The molecule has 0 amide bonds. The van der Waals surface area contributed by atoms with Crippen LogP contribution in [0.1, 0.15) is 0 Å². The topological polar surface area (TPSA) is 30.7 Å². The first-order valence-corrected chi connectivity index (χ1v) is 20.2. The number of pyridine rings is 1. The van der Waals surface area contributed by atoms with Crippen LogP contribution in [0, 0.1) is 0 Å². The highest BCUT2D eigenvalue weighted by Crippen LogP contribution is 2.42. The molecule has 0 spiro atoms. The lowest BCUT2D eigenvalue weighted by molar-refractivity contribution is 1.11. The molecule has 0 N–H and O–H groups in total. The van der Waals surface area contributed by atoms with E-state index >= 15 is 0 Å². The summed E-state index contributed by atoms with van der Waals surface area (Å²) in [5.74, 6) is 0.915. The van der Waals surface area contributed by atoms with E-state index in [4.69, 9.17) is 9.97 Å². The molecule has 0 atom stereocenters. The van der Waals surface area contributed by atoms with Crippen molar-refractivity contribution in [1.29, 1.82) is 0 Å². The minimum absolute atomic E-state index is 0.915. The molecule has 12 rings (SSSR count). The van der Waals surface area contributed by atoms with Gasteiger partial charge in [0.15, 0.2) is 0 Å². The van der Waals surface area contributed by atoms with Crippen LogP contribution in [-0.2, 0) is 0 Å². The van der Waals surface area contributed by atoms with E-state index in [0.717, 1.165) is 67.0 Å². The van der Waals surface area contributed by atoms with Gasteiger partial charge in [-0.15, -0.1) is 0 Å². The summed E-state index contributed by atoms with van der Waals surface area (Å²) in [6.07, 6.45) is 0. The fourth-order valence-electron chi connectivity index (χ4n) is 9.27. The van der Waals surface area contributed by atoms with Gasteiger partial charge in [0.2, 0.25) is 0 Å². The van der Waals surface area contributed by atoms with Crippen LogP contribution in [0.2, 0.25) is 0 Å². The predicted molar refractivity (Wildman–Crippen MR) is 248 cm³/mol. The van der Waals surface area contributed by atoms with E-state index in [2.05, 4.69) is 217 Å². The number of imidazole rings is 1. The second kappa shape index (κ2) is 13.4. The normalized spacial score (nSPS) is 11.7. The van der Waals surface area contributed by atoms with Crippen molar-refractivity contribution in [2.24, 2.45) is 0 Å². The first-order valence-electron chi connectivity index (χ1n) is 20.2. The Morgan fingerprint density at radius 1 is 0.305 bits per heavy atom. The number of fused-ring (bicyclic) bond motifs is 8. The second-order valence-corrected chi connectivity index (χ2v) is 15.3. The lowest BCUT2D eigenvalue weighted by Gasteiger charge is -2.18. The number of nitrogens with zero attached hydrogens (tertiary/aromatic N) is 3. The maximum Gasteiger partial charge on any atom is 0.145 e. The van der Waals surface area contributed by atoms with Crippen LogP contribution in [0.5, 0.6) is 0 Å². The summed E-state index contributed by atoms with van der Waals surface area (Å²) in [6, 6.07) is 76.4. The summed E-state index contributed by atoms with van der Waals surface area (Å²) in [7, 11) is 0. The van der Waals surface area contributed by atoms with Crippen molar-refractivity contribution in [3.63, 3.8) is 0 Å². The van der Waals surface area contributed by atoms with Crippen LogP contribution >= 0.6 is 0 Å². The Bertz CT molecular complexity index is 3480. The van der Waals surface area contributed by atoms with Gasteiger partial charge in [0.05, 0.1) is 28.1 Å². The van der Waals surface area contributed by atoms with E-state index in [1.807, 2.05) is 0 Å². The minimum Gasteiger partial charge on any atom is -0.292 e. The highest BCUT2D eigenvalue weighted by molar-refractivity contribution is 6.16. The van der Waals surface area contributed by atoms with Gasteiger partial charge in [-0.25, -0.2) is 9.97 Å². The SMILES string of the molecule is c1ccc(-c2nc3ccccc3n2-c2ccc(-c3cc(-c4cc5ccccc5c5ccccc45)cc(-c4cc5ccccc5c5ccccc45)n3)c3ccccc23)cc1. The molecule has 2 aromatic heterocycles. The van der Waals surface area contributed by atoms with Gasteiger partial charge in [-0.3, -0.25) is 4.57 Å². The first kappa shape index (κ1) is 33.3. The summed E-state index contributed by atoms with van der Waals surface area (Å²) >= 11 is 0. The third kappa shape index (κ3) is 5.36. The average Bonchev–Trinajstić information content (AvgIpc) is 3.70. The monoisotopic (exact) mass is 749 g/mol. The number of rotatable bonds is 5. The summed E-state index contributed by atoms with van der Waals surface area (Å²) < 4.78 is 2.31. The molecule has 3 heteroatoms. The van der Waals surface area contributed by atoms with Crippen molar-refractivity contribution >= 4 is 64.9 Å². The van der Waals surface area contributed by atoms with Gasteiger partial charge >= 0.3 is 0 Å². The number of hydrogen-bond donors (Lipinski definition) is 0. The van der Waals surface area contributed by atoms with Gasteiger partial charge in [-0.1, -0.05) is 170 Å². The molecular weight excluding hydrogens is 715 g/mol. The number of aromatic nitrogens is 3. The molecule has 0 bridgehead atoms. The van der Waals surface area contributed by atoms with Gasteiger partial charge in [0, 0.05) is 22.1 Å². The van der Waals surface area contributed by atoms with Crippen molar-refractivity contribution < 1.29 is 0 Å². The molecule has 0 aliphatic carbocycles. The standard InChI is InChI=1S/C56H35N3/c1-2-16-36(17-3-1)56-58-51-28-14-15-29-55(51)59(56)54-31-30-47(46-26-12-13-27-48(46)54)52-34-39(49-32-37-18-4-6-20-40(37)42-22-8-10-24-44(42)49)35-53(57-52)50-33-38-19-5-7-21-41(38)43-23-9-11-25-45(43)50/h1-35H. The van der Waals surface area contributed by atoms with Gasteiger partial charge in [0.25, 0.3) is 0 Å². The molecule has 274 valence electrons. The largest absolute Gasteiger partial charge is 0.292 e. The molecule has 0 fully saturated rings. The average molecular weight is 750 g/mol. The van der Waals surface area contributed by atoms with Crippen LogP contribution in [-0.4, -0.2) is 14.5 Å². The van der Waals surface area contributed by atoms with E-state index in [0.29, 0.717) is 0 Å². The molecule has 0 unspecified atom stereocenters. The van der Waals surface area contributed by atoms with E-state index < -0.39 is 0 Å². The van der Waals surface area contributed by atoms with Crippen molar-refractivity contribution in [2.45, 2.75) is 0 Å². The summed E-state index contributed by atoms with van der Waals surface area (Å²) in [4.78, 5) is 10.8. The lowest BCUT2D eigenvalue weighted by atomic mass is 9.90. The lowest BCUT2D eigenvalue weighted by Crippen LogP contribution is -2.00. The molecule has 0 saturated carbocycles. The second-order valence-electron chi connectivity index (χ2n) is 15.3. The van der Waals surface area contributed by atoms with Gasteiger partial charge in [-0.05, 0) is 102 Å². The van der Waals surface area contributed by atoms with Crippen LogP contribution in [0.25, 0.3) is 116 Å². The molecule has 0 radical (unpaired) electrons. The van der Waals surface area contributed by atoms with E-state index in [9.17, 15) is 0 Å². The molecule has 10 aromatic carbocycles. The Balaban J connectivity index is 1.15. The predicted octanol–water partition coefficient (Wildman–Crippen LogP) is 14.9. The Morgan fingerprint density at radius 3 is 1.47 bits per heavy atom. The first-order chi connectivity index (χ1) is 29.3. The highest BCUT2D eigenvalue weighted by Gasteiger charge is 2.20. The van der Waals surface area contributed by atoms with Crippen LogP contribution in [0.4, 0.5) is 0 Å². The van der Waals surface area contributed by atoms with Crippen LogP contribution in [0.3, 0.4) is 0 Å². The smallest absolute Gasteiger partial charge is 0.145 e. The Morgan fingerprint density at radius 2 is 0.797 bits per heavy atom. The Labute approximate surface area is 341 Å². The van der Waals surface area contributed by atoms with Gasteiger partial charge < -0.3 is 0 Å². The zero-order valence-electron chi connectivity index (χ0n) is 32.0. The third-order valence-corrected chi connectivity index (χ3v) is 12.0. The molecule has 12 aromatic rings. The van der Waals surface area contributed by atoms with Crippen LogP contribution < -0.4 is 0 Å². The summed E-state index contributed by atoms with van der Waals surface area (Å²) in [5, 5.41) is 12.0. The molecule has 0 aliphatic rings. The van der Waals surface area contributed by atoms with E-state index in [-0.39, 0.29) is 0 Å². The minimum atomic E-state index is 0.915. The number of benzene rings is 10. The zero-order valence-corrected chi connectivity index (χ0v) is 32.0. The van der Waals surface area contributed by atoms with E-state index in [1.165, 1.54) is 48.7 Å². The summed E-state index contributed by atoms with van der Waals surface area (Å²) in [5.41, 5.74) is 10.6.